The summed E-state index contributed by atoms with van der Waals surface area (Å²) in [5.41, 5.74) is 4.83. The van der Waals surface area contributed by atoms with Crippen LogP contribution in [0.15, 0.2) is 0 Å². The molecule has 0 aliphatic heterocycles. The number of nitrogens with one attached hydrogen (secondary N) is 1. The number of nitrogens with two attached hydrogens (primary N) is 1. The fraction of sp³-hybridized carbons (Fsp3) is 0.800. The molecule has 0 saturated carbocycles. The molecule has 0 aromatic heterocycles. The molecule has 0 aromatic carbocycles. The summed E-state index contributed by atoms with van der Waals surface area (Å²) in [4.78, 5) is 10.1. The number of halogens is 1. The van der Waals surface area contributed by atoms with Crippen molar-refractivity contribution in [3.8, 4) is 0 Å². The van der Waals surface area contributed by atoms with Gasteiger partial charge in [-0.1, -0.05) is 0 Å². The molecule has 0 fully saturated rings. The lowest BCUT2D eigenvalue weighted by Crippen LogP contribution is -2.30. The van der Waals surface area contributed by atoms with Crippen LogP contribution in [0, 0.1) is 0 Å². The average molecular weight is 169 g/mol. The van der Waals surface area contributed by atoms with E-state index in [0.717, 1.165) is 0 Å². The first-order valence-electron chi connectivity index (χ1n) is 2.75. The molecule has 10 heavy (non-hydrogen) atoms. The summed E-state index contributed by atoms with van der Waals surface area (Å²) < 4.78 is 4.71. The Morgan fingerprint density at radius 3 is 2.70 bits per heavy atom. The van der Waals surface area contributed by atoms with Crippen LogP contribution in [0.1, 0.15) is 0 Å². The van der Waals surface area contributed by atoms with Gasteiger partial charge in [0.15, 0.2) is 0 Å². The van der Waals surface area contributed by atoms with E-state index in [0.29, 0.717) is 13.2 Å². The third-order valence-electron chi connectivity index (χ3n) is 0.782. The molecule has 0 radical (unpaired) electrons. The van der Waals surface area contributed by atoms with E-state index in [9.17, 15) is 4.79 Å². The van der Waals surface area contributed by atoms with Crippen molar-refractivity contribution in [3.63, 3.8) is 0 Å². The molecule has 0 aromatic rings. The maximum atomic E-state index is 10.1. The van der Waals surface area contributed by atoms with Crippen molar-refractivity contribution in [1.82, 2.24) is 5.32 Å². The molecule has 1 amide bonds. The van der Waals surface area contributed by atoms with E-state index < -0.39 is 0 Å². The first kappa shape index (κ1) is 12.4. The van der Waals surface area contributed by atoms with E-state index in [1.165, 1.54) is 0 Å². The molecule has 3 N–H and O–H groups in total. The lowest BCUT2D eigenvalue weighted by molar-refractivity contribution is -0.117. The second-order valence-corrected chi connectivity index (χ2v) is 1.64. The third kappa shape index (κ3) is 10.6. The molecule has 0 rings (SSSR count). The predicted molar refractivity (Wildman–Crippen MR) is 41.2 cm³/mol. The Hall–Kier alpha value is -0.320. The summed E-state index contributed by atoms with van der Waals surface area (Å²) >= 11 is 0. The minimum atomic E-state index is -0.342. The van der Waals surface area contributed by atoms with Gasteiger partial charge in [0, 0.05) is 13.7 Å². The van der Waals surface area contributed by atoms with Gasteiger partial charge in [0.25, 0.3) is 0 Å². The molecule has 4 nitrogen and oxygen atoms in total. The molecule has 0 saturated heterocycles. The summed E-state index contributed by atoms with van der Waals surface area (Å²) in [6.07, 6.45) is 0. The van der Waals surface area contributed by atoms with E-state index >= 15 is 0 Å². The van der Waals surface area contributed by atoms with Crippen LogP contribution >= 0.6 is 12.4 Å². The molecule has 0 bridgehead atoms. The molecule has 5 heteroatoms. The van der Waals surface area contributed by atoms with Crippen molar-refractivity contribution < 1.29 is 9.53 Å². The lowest BCUT2D eigenvalue weighted by atomic mass is 10.6. The van der Waals surface area contributed by atoms with Gasteiger partial charge in [-0.05, 0) is 0 Å². The quantitative estimate of drug-likeness (QED) is 0.525. The van der Waals surface area contributed by atoms with Gasteiger partial charge in [-0.25, -0.2) is 0 Å². The minimum Gasteiger partial charge on any atom is -0.383 e. The van der Waals surface area contributed by atoms with Gasteiger partial charge in [0.05, 0.1) is 13.2 Å². The van der Waals surface area contributed by atoms with E-state index in [1.807, 2.05) is 0 Å². The van der Waals surface area contributed by atoms with Crippen molar-refractivity contribution in [2.24, 2.45) is 5.73 Å². The Morgan fingerprint density at radius 1 is 1.70 bits per heavy atom. The van der Waals surface area contributed by atoms with Gasteiger partial charge in [-0.3, -0.25) is 4.79 Å². The summed E-state index contributed by atoms with van der Waals surface area (Å²) in [5, 5.41) is 2.79. The topological polar surface area (TPSA) is 64.3 Å². The molecule has 0 aliphatic carbocycles. The van der Waals surface area contributed by atoms with Crippen LogP contribution in [0.4, 0.5) is 0 Å². The fourth-order valence-corrected chi connectivity index (χ4v) is 0.386. The van der Waals surface area contributed by atoms with Crippen LogP contribution in [0.2, 0.25) is 0 Å². The highest BCUT2D eigenvalue weighted by molar-refractivity contribution is 5.85. The number of ether oxygens (including phenoxy) is 1. The number of hydrogen-bond donors (Lipinski definition) is 2. The molecule has 0 heterocycles. The number of hydrogen-bond acceptors (Lipinski definition) is 3. The number of rotatable bonds is 5. The number of carbonyl (C=O) groups is 1. The van der Waals surface area contributed by atoms with Gasteiger partial charge in [0.1, 0.15) is 0 Å². The van der Waals surface area contributed by atoms with Crippen LogP contribution in [0.5, 0.6) is 0 Å². The Bertz CT molecular complexity index is 89.7. The van der Waals surface area contributed by atoms with Crippen LogP contribution in [0.3, 0.4) is 0 Å². The van der Waals surface area contributed by atoms with Crippen LogP contribution in [-0.2, 0) is 9.53 Å². The highest BCUT2D eigenvalue weighted by Gasteiger charge is 1.89. The number of methoxy groups -OCH3 is 1. The van der Waals surface area contributed by atoms with Crippen molar-refractivity contribution in [1.29, 1.82) is 0 Å². The van der Waals surface area contributed by atoms with E-state index in [-0.39, 0.29) is 24.9 Å². The second-order valence-electron chi connectivity index (χ2n) is 1.64. The summed E-state index contributed by atoms with van der Waals surface area (Å²) in [6.45, 7) is 1.50. The highest BCUT2D eigenvalue weighted by atomic mass is 35.5. The van der Waals surface area contributed by atoms with Crippen molar-refractivity contribution in [3.05, 3.63) is 0 Å². The zero-order chi connectivity index (χ0) is 7.11. The van der Waals surface area contributed by atoms with Gasteiger partial charge in [-0.15, -0.1) is 12.4 Å². The smallest absolute Gasteiger partial charge is 0.231 e. The average Bonchev–Trinajstić information content (AvgIpc) is 1.80. The second kappa shape index (κ2) is 8.68. The predicted octanol–water partition coefficient (Wildman–Crippen LogP) is -0.871. The highest BCUT2D eigenvalue weighted by Crippen LogP contribution is 1.62. The van der Waals surface area contributed by atoms with Crippen molar-refractivity contribution in [2.75, 3.05) is 26.8 Å². The summed E-state index contributed by atoms with van der Waals surface area (Å²) in [6, 6.07) is 0. The normalized spacial score (nSPS) is 8.50. The molecule has 0 atom stereocenters. The molecule has 0 spiro atoms. The van der Waals surface area contributed by atoms with E-state index in [1.54, 1.807) is 7.11 Å². The summed E-state index contributed by atoms with van der Waals surface area (Å²) in [5.74, 6) is -0.342. The van der Waals surface area contributed by atoms with E-state index in [2.05, 4.69) is 5.32 Å². The molecular formula is C5H13ClN2O2. The Morgan fingerprint density at radius 2 is 2.30 bits per heavy atom. The van der Waals surface area contributed by atoms with Crippen molar-refractivity contribution >= 4 is 18.3 Å². The van der Waals surface area contributed by atoms with Gasteiger partial charge in [0.2, 0.25) is 5.91 Å². The van der Waals surface area contributed by atoms with Gasteiger partial charge in [-0.2, -0.15) is 0 Å². The van der Waals surface area contributed by atoms with Crippen LogP contribution in [0.25, 0.3) is 0 Å². The standard InChI is InChI=1S/C5H12N2O2.ClH/c1-9-3-2-7-4-5(6)8;/h7H,2-4H2,1H3,(H2,6,8);1H. The first-order valence-corrected chi connectivity index (χ1v) is 2.75. The number of amides is 1. The molecule has 0 aliphatic rings. The minimum absolute atomic E-state index is 0. The van der Waals surface area contributed by atoms with Gasteiger partial charge >= 0.3 is 0 Å². The van der Waals surface area contributed by atoms with E-state index in [4.69, 9.17) is 10.5 Å². The molecular weight excluding hydrogens is 156 g/mol. The number of carbonyl (C=O) groups excluding carboxylic acids is 1. The maximum Gasteiger partial charge on any atom is 0.231 e. The molecule has 62 valence electrons. The SMILES string of the molecule is COCCNCC(N)=O.Cl. The lowest BCUT2D eigenvalue weighted by Gasteiger charge is -1.98. The zero-order valence-electron chi connectivity index (χ0n) is 5.92. The van der Waals surface area contributed by atoms with Crippen LogP contribution < -0.4 is 11.1 Å². The van der Waals surface area contributed by atoms with Crippen molar-refractivity contribution in [2.45, 2.75) is 0 Å². The van der Waals surface area contributed by atoms with Crippen LogP contribution in [-0.4, -0.2) is 32.7 Å². The Balaban J connectivity index is 0. The molecule has 0 unspecified atom stereocenters. The Labute approximate surface area is 66.5 Å². The maximum absolute atomic E-state index is 10.1. The fourth-order valence-electron chi connectivity index (χ4n) is 0.386. The van der Waals surface area contributed by atoms with Gasteiger partial charge < -0.3 is 15.8 Å². The first-order chi connectivity index (χ1) is 4.27. The summed E-state index contributed by atoms with van der Waals surface area (Å²) in [7, 11) is 1.60. The third-order valence-corrected chi connectivity index (χ3v) is 0.782. The zero-order valence-corrected chi connectivity index (χ0v) is 6.74. The Kier molecular flexibility index (Phi) is 10.7. The number of primary amides is 1. The monoisotopic (exact) mass is 168 g/mol. The largest absolute Gasteiger partial charge is 0.383 e.